The van der Waals surface area contributed by atoms with E-state index in [9.17, 15) is 0 Å². The van der Waals surface area contributed by atoms with Gasteiger partial charge in [-0.25, -0.2) is 19.9 Å². The molecule has 0 spiro atoms. The average molecular weight is 554 g/mol. The number of hydrogen-bond acceptors (Lipinski definition) is 8. The molecule has 4 heterocycles. The molecule has 0 amide bonds. The number of hydrogen-bond donors (Lipinski definition) is 4. The average Bonchev–Trinajstić information content (AvgIpc) is 2.78. The van der Waals surface area contributed by atoms with Crippen LogP contribution in [0.1, 0.15) is 0 Å². The van der Waals surface area contributed by atoms with Crippen LogP contribution in [0, 0.1) is 0 Å². The normalized spacial score (nSPS) is 8.45. The van der Waals surface area contributed by atoms with Crippen molar-refractivity contribution in [3.8, 4) is 0 Å². The maximum absolute atomic E-state index is 5.25. The zero-order valence-corrected chi connectivity index (χ0v) is 19.5. The van der Waals surface area contributed by atoms with E-state index in [1.54, 1.807) is 49.1 Å². The number of nitrogen functional groups attached to an aromatic ring is 4. The molecule has 11 heteroatoms. The molecule has 0 aromatic carbocycles. The first-order valence-corrected chi connectivity index (χ1v) is 12.5. The van der Waals surface area contributed by atoms with E-state index in [2.05, 4.69) is 19.9 Å². The monoisotopic (exact) mass is 552 g/mol. The van der Waals surface area contributed by atoms with Crippen LogP contribution in [0.15, 0.2) is 97.6 Å². The van der Waals surface area contributed by atoms with Gasteiger partial charge in [-0.05, 0) is 48.5 Å². The van der Waals surface area contributed by atoms with Gasteiger partial charge in [0.25, 0.3) is 0 Å². The molecule has 0 aliphatic carbocycles. The van der Waals surface area contributed by atoms with Crippen LogP contribution in [0.25, 0.3) is 0 Å². The summed E-state index contributed by atoms with van der Waals surface area (Å²) in [6, 6.07) is 21.7. The number of aromatic nitrogens is 4. The summed E-state index contributed by atoms with van der Waals surface area (Å²) in [5.74, 6) is 2.29. The van der Waals surface area contributed by atoms with Crippen LogP contribution in [0.4, 0.5) is 23.3 Å². The van der Waals surface area contributed by atoms with Crippen molar-refractivity contribution >= 4 is 42.3 Å². The molecule has 0 aliphatic rings. The number of nitrogens with zero attached hydrogens (tertiary/aromatic N) is 4. The Labute approximate surface area is 198 Å². The van der Waals surface area contributed by atoms with E-state index in [4.69, 9.17) is 42.0 Å². The van der Waals surface area contributed by atoms with Gasteiger partial charge in [0.15, 0.2) is 0 Å². The molecule has 8 N–H and O–H groups in total. The number of rotatable bonds is 0. The van der Waals surface area contributed by atoms with Crippen LogP contribution in [-0.2, 0) is 15.9 Å². The molecule has 31 heavy (non-hydrogen) atoms. The van der Waals surface area contributed by atoms with Crippen molar-refractivity contribution in [1.29, 1.82) is 0 Å². The molecule has 8 nitrogen and oxygen atoms in total. The van der Waals surface area contributed by atoms with Gasteiger partial charge in [-0.1, -0.05) is 24.3 Å². The molecule has 0 saturated carbocycles. The predicted molar refractivity (Wildman–Crippen MR) is 126 cm³/mol. The van der Waals surface area contributed by atoms with Crippen molar-refractivity contribution in [2.75, 3.05) is 22.9 Å². The van der Waals surface area contributed by atoms with Crippen LogP contribution in [0.5, 0.6) is 0 Å². The zero-order chi connectivity index (χ0) is 23.2. The molecule has 0 unspecified atom stereocenters. The maximum atomic E-state index is 5.25. The van der Waals surface area contributed by atoms with Crippen LogP contribution < -0.4 is 22.9 Å². The first-order chi connectivity index (χ1) is 15.0. The molecule has 4 aromatic rings. The molecular formula is C20H24Cl2N8Pd. The van der Waals surface area contributed by atoms with E-state index in [0.717, 1.165) is 0 Å². The van der Waals surface area contributed by atoms with E-state index < -0.39 is 0 Å². The number of pyridine rings is 4. The first kappa shape index (κ1) is 28.0. The molecule has 0 fully saturated rings. The minimum absolute atomic E-state index is 0.106. The van der Waals surface area contributed by atoms with Crippen LogP contribution in [0.2, 0.25) is 0 Å². The molecule has 0 radical (unpaired) electrons. The van der Waals surface area contributed by atoms with Crippen molar-refractivity contribution in [2.45, 2.75) is 0 Å². The molecule has 0 aliphatic heterocycles. The van der Waals surface area contributed by atoms with Crippen molar-refractivity contribution in [2.24, 2.45) is 0 Å². The van der Waals surface area contributed by atoms with Crippen LogP contribution >= 0.6 is 19.1 Å². The van der Waals surface area contributed by atoms with Crippen molar-refractivity contribution in [3.05, 3.63) is 97.6 Å². The Morgan fingerprint density at radius 2 is 0.645 bits per heavy atom. The zero-order valence-electron chi connectivity index (χ0n) is 16.4. The second-order valence-corrected chi connectivity index (χ2v) is 7.42. The summed E-state index contributed by atoms with van der Waals surface area (Å²) in [4.78, 5) is 15.0. The second-order valence-electron chi connectivity index (χ2n) is 5.06. The van der Waals surface area contributed by atoms with E-state index in [-0.39, 0.29) is 15.9 Å². The first-order valence-electron chi connectivity index (χ1n) is 8.48. The van der Waals surface area contributed by atoms with E-state index in [1.807, 2.05) is 48.5 Å². The van der Waals surface area contributed by atoms with Gasteiger partial charge in [0.1, 0.15) is 23.3 Å². The summed E-state index contributed by atoms with van der Waals surface area (Å²) in [6.45, 7) is 0. The molecule has 0 atom stereocenters. The van der Waals surface area contributed by atoms with Gasteiger partial charge in [-0.15, -0.1) is 0 Å². The standard InChI is InChI=1S/4C5H6N2.2ClH.Pd/c4*6-5-3-1-2-4-7-5;;;/h4*1-4H,(H2,6,7);2*1H;/q;;;;;;+2/p-2. The molecule has 0 saturated heterocycles. The van der Waals surface area contributed by atoms with Crippen LogP contribution in [-0.4, -0.2) is 19.9 Å². The van der Waals surface area contributed by atoms with Crippen LogP contribution in [0.3, 0.4) is 0 Å². The Bertz CT molecular complexity index is 726. The van der Waals surface area contributed by atoms with Gasteiger partial charge >= 0.3 is 35.0 Å². The van der Waals surface area contributed by atoms with Crippen molar-refractivity contribution in [1.82, 2.24) is 19.9 Å². The number of halogens is 2. The van der Waals surface area contributed by atoms with Gasteiger partial charge in [0.05, 0.1) is 0 Å². The number of anilines is 4. The van der Waals surface area contributed by atoms with Crippen molar-refractivity contribution < 1.29 is 15.9 Å². The summed E-state index contributed by atoms with van der Waals surface area (Å²) in [5.41, 5.74) is 21.0. The minimum atomic E-state index is -0.106. The molecule has 0 bridgehead atoms. The third-order valence-electron chi connectivity index (χ3n) is 2.75. The summed E-state index contributed by atoms with van der Waals surface area (Å²) in [6.07, 6.45) is 6.65. The fourth-order valence-electron chi connectivity index (χ4n) is 1.50. The Kier molecular flexibility index (Phi) is 18.4. The fourth-order valence-corrected chi connectivity index (χ4v) is 1.50. The Morgan fingerprint density at radius 1 is 0.452 bits per heavy atom. The molecular weight excluding hydrogens is 530 g/mol. The summed E-state index contributed by atoms with van der Waals surface area (Å²) in [7, 11) is 9.63. The summed E-state index contributed by atoms with van der Waals surface area (Å²) < 4.78 is 0. The Morgan fingerprint density at radius 3 is 0.710 bits per heavy atom. The fraction of sp³-hybridized carbons (Fsp3) is 0. The van der Waals surface area contributed by atoms with Gasteiger partial charge < -0.3 is 22.9 Å². The third kappa shape index (κ3) is 20.1. The Balaban J connectivity index is 0.000000371. The SMILES string of the molecule is Nc1ccccn1.Nc1ccccn1.Nc1ccccn1.Nc1ccccn1.[Cl][Pd][Cl]. The van der Waals surface area contributed by atoms with Crippen molar-refractivity contribution in [3.63, 3.8) is 0 Å². The molecule has 4 rings (SSSR count). The van der Waals surface area contributed by atoms with E-state index >= 15 is 0 Å². The second kappa shape index (κ2) is 20.3. The van der Waals surface area contributed by atoms with Gasteiger partial charge in [0.2, 0.25) is 0 Å². The predicted octanol–water partition coefficient (Wildman–Crippen LogP) is 4.03. The van der Waals surface area contributed by atoms with E-state index in [1.165, 1.54) is 0 Å². The van der Waals surface area contributed by atoms with Gasteiger partial charge in [-0.2, -0.15) is 0 Å². The van der Waals surface area contributed by atoms with Gasteiger partial charge in [-0.3, -0.25) is 0 Å². The Hall–Kier alpha value is -2.96. The summed E-state index contributed by atoms with van der Waals surface area (Å²) >= 11 is -0.106. The van der Waals surface area contributed by atoms with E-state index in [0.29, 0.717) is 23.3 Å². The topological polar surface area (TPSA) is 156 Å². The number of nitrogens with two attached hydrogens (primary N) is 4. The third-order valence-corrected chi connectivity index (χ3v) is 2.75. The molecule has 4 aromatic heterocycles. The summed E-state index contributed by atoms with van der Waals surface area (Å²) in [5, 5.41) is 0. The van der Waals surface area contributed by atoms with Gasteiger partial charge in [0, 0.05) is 24.8 Å². The molecule has 168 valence electrons. The quantitative estimate of drug-likeness (QED) is 0.238.